The van der Waals surface area contributed by atoms with Gasteiger partial charge >= 0.3 is 0 Å². The summed E-state index contributed by atoms with van der Waals surface area (Å²) < 4.78 is 30.1. The van der Waals surface area contributed by atoms with E-state index < -0.39 is 13.0 Å². The zero-order chi connectivity index (χ0) is 22.5. The first-order chi connectivity index (χ1) is 14.7. The third kappa shape index (κ3) is 6.54. The van der Waals surface area contributed by atoms with Crippen molar-refractivity contribution >= 4 is 11.7 Å². The molecule has 1 amide bonds. The molecule has 0 aromatic carbocycles. The van der Waals surface area contributed by atoms with Gasteiger partial charge in [0.1, 0.15) is 5.78 Å². The maximum atomic E-state index is 12.7. The van der Waals surface area contributed by atoms with Crippen molar-refractivity contribution in [2.75, 3.05) is 6.61 Å². The number of pyridine rings is 2. The highest BCUT2D eigenvalue weighted by Gasteiger charge is 2.28. The number of ketones is 1. The first kappa shape index (κ1) is 22.8. The van der Waals surface area contributed by atoms with Crippen LogP contribution in [0.1, 0.15) is 65.5 Å². The van der Waals surface area contributed by atoms with Gasteiger partial charge in [-0.15, -0.1) is 0 Å². The van der Waals surface area contributed by atoms with Crippen LogP contribution < -0.4 is 10.1 Å². The lowest BCUT2D eigenvalue weighted by atomic mass is 10.0. The zero-order valence-corrected chi connectivity index (χ0v) is 18.0. The van der Waals surface area contributed by atoms with Crippen LogP contribution in [0.4, 0.5) is 8.78 Å². The second-order valence-corrected chi connectivity index (χ2v) is 8.18. The fourth-order valence-corrected chi connectivity index (χ4v) is 3.19. The summed E-state index contributed by atoms with van der Waals surface area (Å²) in [6.45, 7) is 5.00. The SMILES string of the molecule is Cc1cc(C(=O)NCc2cnc(OCC(F)F)c(C3CC3)c2)cc(CC(=O)C(C)C)n1. The number of carbonyl (C=O) groups excluding carboxylic acids is 2. The molecule has 0 radical (unpaired) electrons. The molecule has 0 unspecified atom stereocenters. The van der Waals surface area contributed by atoms with Gasteiger partial charge in [-0.05, 0) is 49.4 Å². The minimum atomic E-state index is -2.56. The number of aryl methyl sites for hydroxylation is 1. The third-order valence-electron chi connectivity index (χ3n) is 5.02. The Kier molecular flexibility index (Phi) is 7.30. The first-order valence-corrected chi connectivity index (χ1v) is 10.4. The van der Waals surface area contributed by atoms with Gasteiger partial charge in [-0.1, -0.05) is 13.8 Å². The Balaban J connectivity index is 1.67. The van der Waals surface area contributed by atoms with Gasteiger partial charge in [-0.25, -0.2) is 13.8 Å². The molecular weight excluding hydrogens is 404 g/mol. The van der Waals surface area contributed by atoms with E-state index in [1.807, 2.05) is 19.9 Å². The molecule has 1 aliphatic carbocycles. The monoisotopic (exact) mass is 431 g/mol. The van der Waals surface area contributed by atoms with Crippen LogP contribution >= 0.6 is 0 Å². The van der Waals surface area contributed by atoms with Gasteiger partial charge in [-0.2, -0.15) is 0 Å². The van der Waals surface area contributed by atoms with E-state index in [1.165, 1.54) is 6.20 Å². The molecule has 1 N–H and O–H groups in total. The van der Waals surface area contributed by atoms with Crippen molar-refractivity contribution in [3.63, 3.8) is 0 Å². The third-order valence-corrected chi connectivity index (χ3v) is 5.02. The number of hydrogen-bond donors (Lipinski definition) is 1. The van der Waals surface area contributed by atoms with Gasteiger partial charge in [0, 0.05) is 47.6 Å². The number of Topliss-reactive ketones (excluding diaryl/α,β-unsaturated/α-hetero) is 1. The average molecular weight is 431 g/mol. The summed E-state index contributed by atoms with van der Waals surface area (Å²) in [5, 5.41) is 2.85. The van der Waals surface area contributed by atoms with Crippen molar-refractivity contribution in [2.24, 2.45) is 5.92 Å². The van der Waals surface area contributed by atoms with Crippen LogP contribution in [0.2, 0.25) is 0 Å². The maximum absolute atomic E-state index is 12.7. The lowest BCUT2D eigenvalue weighted by Gasteiger charge is -2.12. The molecule has 2 heterocycles. The van der Waals surface area contributed by atoms with Crippen molar-refractivity contribution in [3.05, 3.63) is 52.5 Å². The van der Waals surface area contributed by atoms with Gasteiger partial charge in [0.15, 0.2) is 6.61 Å². The van der Waals surface area contributed by atoms with Crippen molar-refractivity contribution in [1.29, 1.82) is 0 Å². The highest BCUT2D eigenvalue weighted by atomic mass is 19.3. The Bertz CT molecular complexity index is 959. The number of amides is 1. The molecule has 2 aromatic rings. The largest absolute Gasteiger partial charge is 0.471 e. The van der Waals surface area contributed by atoms with Crippen LogP contribution in [0.15, 0.2) is 24.4 Å². The summed E-state index contributed by atoms with van der Waals surface area (Å²) >= 11 is 0. The normalized spacial score (nSPS) is 13.5. The summed E-state index contributed by atoms with van der Waals surface area (Å²) in [5.74, 6) is 0.189. The Labute approximate surface area is 180 Å². The van der Waals surface area contributed by atoms with Gasteiger partial charge in [0.25, 0.3) is 12.3 Å². The van der Waals surface area contributed by atoms with Crippen LogP contribution in [0.25, 0.3) is 0 Å². The smallest absolute Gasteiger partial charge is 0.272 e. The fraction of sp³-hybridized carbons (Fsp3) is 0.478. The van der Waals surface area contributed by atoms with E-state index in [4.69, 9.17) is 4.74 Å². The van der Waals surface area contributed by atoms with Crippen LogP contribution in [0, 0.1) is 12.8 Å². The number of ether oxygens (including phenoxy) is 1. The molecule has 3 rings (SSSR count). The lowest BCUT2D eigenvalue weighted by Crippen LogP contribution is -2.24. The van der Waals surface area contributed by atoms with E-state index in [1.54, 1.807) is 19.1 Å². The molecular formula is C23H27F2N3O3. The number of hydrogen-bond acceptors (Lipinski definition) is 5. The van der Waals surface area contributed by atoms with Crippen LogP contribution in [-0.4, -0.2) is 34.7 Å². The van der Waals surface area contributed by atoms with Gasteiger partial charge in [0.05, 0.1) is 0 Å². The van der Waals surface area contributed by atoms with Crippen molar-refractivity contribution < 1.29 is 23.1 Å². The predicted molar refractivity (Wildman–Crippen MR) is 111 cm³/mol. The minimum Gasteiger partial charge on any atom is -0.471 e. The summed E-state index contributed by atoms with van der Waals surface area (Å²) in [5.41, 5.74) is 3.24. The van der Waals surface area contributed by atoms with Crippen molar-refractivity contribution in [2.45, 2.75) is 58.9 Å². The van der Waals surface area contributed by atoms with Crippen LogP contribution in [0.5, 0.6) is 5.88 Å². The number of nitrogens with zero attached hydrogens (tertiary/aromatic N) is 2. The van der Waals surface area contributed by atoms with Gasteiger partial charge in [-0.3, -0.25) is 14.6 Å². The van der Waals surface area contributed by atoms with E-state index in [2.05, 4.69) is 15.3 Å². The van der Waals surface area contributed by atoms with E-state index in [9.17, 15) is 18.4 Å². The molecule has 0 aliphatic heterocycles. The van der Waals surface area contributed by atoms with E-state index in [0.29, 0.717) is 17.0 Å². The Morgan fingerprint density at radius 2 is 1.97 bits per heavy atom. The van der Waals surface area contributed by atoms with Crippen molar-refractivity contribution in [1.82, 2.24) is 15.3 Å². The minimum absolute atomic E-state index is 0.0669. The quantitative estimate of drug-likeness (QED) is 0.615. The number of nitrogens with one attached hydrogen (secondary N) is 1. The summed E-state index contributed by atoms with van der Waals surface area (Å²) in [6, 6.07) is 5.17. The number of alkyl halides is 2. The number of carbonyl (C=O) groups is 2. The molecule has 2 aromatic heterocycles. The van der Waals surface area contributed by atoms with E-state index in [-0.39, 0.29) is 42.4 Å². The number of aromatic nitrogens is 2. The number of halogens is 2. The molecule has 1 fully saturated rings. The molecule has 6 nitrogen and oxygen atoms in total. The molecule has 0 atom stereocenters. The zero-order valence-electron chi connectivity index (χ0n) is 18.0. The van der Waals surface area contributed by atoms with E-state index in [0.717, 1.165) is 24.0 Å². The molecule has 8 heteroatoms. The summed E-state index contributed by atoms with van der Waals surface area (Å²) in [7, 11) is 0. The molecule has 166 valence electrons. The Morgan fingerprint density at radius 3 is 2.61 bits per heavy atom. The predicted octanol–water partition coefficient (Wildman–Crippen LogP) is 4.00. The highest BCUT2D eigenvalue weighted by molar-refractivity contribution is 5.94. The first-order valence-electron chi connectivity index (χ1n) is 10.4. The lowest BCUT2D eigenvalue weighted by molar-refractivity contribution is -0.121. The topological polar surface area (TPSA) is 81.2 Å². The van der Waals surface area contributed by atoms with Gasteiger partial charge < -0.3 is 10.1 Å². The fourth-order valence-electron chi connectivity index (χ4n) is 3.19. The molecule has 0 bridgehead atoms. The molecule has 0 spiro atoms. The summed E-state index contributed by atoms with van der Waals surface area (Å²) in [4.78, 5) is 33.2. The van der Waals surface area contributed by atoms with Crippen LogP contribution in [-0.2, 0) is 17.8 Å². The molecule has 1 saturated carbocycles. The standard InChI is InChI=1S/C23H27F2N3O3/c1-13(2)20(29)9-18-8-17(6-14(3)28-18)22(30)26-10-15-7-19(16-4-5-16)23(27-11-15)31-12-21(24)25/h6-8,11,13,16,21H,4-5,9-10,12H2,1-3H3,(H,26,30). The maximum Gasteiger partial charge on any atom is 0.272 e. The Morgan fingerprint density at radius 1 is 1.23 bits per heavy atom. The van der Waals surface area contributed by atoms with E-state index >= 15 is 0 Å². The molecule has 31 heavy (non-hydrogen) atoms. The second-order valence-electron chi connectivity index (χ2n) is 8.18. The molecule has 0 saturated heterocycles. The van der Waals surface area contributed by atoms with Crippen LogP contribution in [0.3, 0.4) is 0 Å². The summed E-state index contributed by atoms with van der Waals surface area (Å²) in [6.07, 6.45) is 1.09. The second kappa shape index (κ2) is 9.94. The molecule has 1 aliphatic rings. The average Bonchev–Trinajstić information content (AvgIpc) is 3.55. The Hall–Kier alpha value is -2.90. The number of rotatable bonds is 10. The highest BCUT2D eigenvalue weighted by Crippen LogP contribution is 2.43. The van der Waals surface area contributed by atoms with Gasteiger partial charge in [0.2, 0.25) is 5.88 Å². The van der Waals surface area contributed by atoms with Crippen molar-refractivity contribution in [3.8, 4) is 5.88 Å².